The summed E-state index contributed by atoms with van der Waals surface area (Å²) in [6, 6.07) is -7.29. The van der Waals surface area contributed by atoms with Crippen molar-refractivity contribution in [1.29, 1.82) is 0 Å². The molecule has 7 rings (SSSR count). The number of thioether (sulfide) groups is 1. The van der Waals surface area contributed by atoms with Gasteiger partial charge in [-0.1, -0.05) is 56.2 Å². The number of carbonyl (C=O) groups excluding carboxylic acids is 11. The first kappa shape index (κ1) is 78.7. The number of aromatic nitrogens is 6. The number of fused-ring (bicyclic) bond motifs is 7. The number of benzene rings is 1. The molecular formula is C66H94N18O16S. The molecule has 0 spiro atoms. The van der Waals surface area contributed by atoms with E-state index in [9.17, 15) is 77.6 Å². The van der Waals surface area contributed by atoms with Gasteiger partial charge in [-0.15, -0.1) is 5.10 Å². The Hall–Kier alpha value is -9.64. The Morgan fingerprint density at radius 3 is 2.04 bits per heavy atom. The molecule has 5 heterocycles. The molecule has 12 atom stereocenters. The number of aliphatic carboxylic acids is 2. The van der Waals surface area contributed by atoms with Crippen LogP contribution in [0.1, 0.15) is 130 Å². The number of amides is 11. The molecule has 2 aliphatic heterocycles. The third-order valence-electron chi connectivity index (χ3n) is 17.1. The Morgan fingerprint density at radius 1 is 0.703 bits per heavy atom. The summed E-state index contributed by atoms with van der Waals surface area (Å²) in [6.07, 6.45) is 4.10. The third-order valence-corrected chi connectivity index (χ3v) is 18.2. The minimum absolute atomic E-state index is 0.00610. The van der Waals surface area contributed by atoms with Crippen molar-refractivity contribution in [2.45, 2.75) is 217 Å². The highest BCUT2D eigenvalue weighted by molar-refractivity contribution is 7.99. The van der Waals surface area contributed by atoms with Gasteiger partial charge in [0.25, 0.3) is 0 Å². The standard InChI is InChI=1S/C66H94N18O16S/c1-34(2)53-64(98)78-48(26-41-25-38-12-8-9-13-39(38)28-68-41)61(95)75-46(60(94)80-54(36(4)85)65(99)100)21-23-101-32-50(81-66(5,6)7)63(97)71-35(3)55(89)73-45-18-17-40-31-84(83-82-40)22-11-10-14-43(59(93)79-53)74-57(91)44(19-20-52(87)88)72-51(86)30-69-56(90)47(24-37-15-16-37)76-62(96)49(77-58(45)92)27-42-29-67-33-70-42/h8-9,12-13,25,28-29,31,33-37,43-50,53-54,81,85H,10-11,14-24,26-27,30,32H2,1-7H3,(H,67,70)(H,69,90)(H,71,97)(H,72,86)(H,73,89)(H,74,91)(H,75,95)(H,76,96)(H,77,92)(H,78,98)(H,79,93)(H,80,94)(H,87,88)(H,99,100)/t35-,36?,43-,44-,45-,46-,47-,48-,49?,50-,53-,54-/m0/s1. The van der Waals surface area contributed by atoms with Crippen molar-refractivity contribution in [3.63, 3.8) is 0 Å². The predicted molar refractivity (Wildman–Crippen MR) is 365 cm³/mol. The van der Waals surface area contributed by atoms with Gasteiger partial charge in [0, 0.05) is 72.5 Å². The largest absolute Gasteiger partial charge is 0.481 e. The maximum Gasteiger partial charge on any atom is 0.328 e. The Bertz CT molecular complexity index is 3600. The van der Waals surface area contributed by atoms with E-state index in [1.165, 1.54) is 24.1 Å². The zero-order chi connectivity index (χ0) is 73.7. The molecule has 1 aliphatic carbocycles. The smallest absolute Gasteiger partial charge is 0.328 e. The lowest BCUT2D eigenvalue weighted by Crippen LogP contribution is -2.61. The van der Waals surface area contributed by atoms with Crippen molar-refractivity contribution in [2.75, 3.05) is 18.1 Å². The molecule has 1 fully saturated rings. The van der Waals surface area contributed by atoms with Crippen LogP contribution in [-0.2, 0) is 88.1 Å². The summed E-state index contributed by atoms with van der Waals surface area (Å²) in [5.41, 5.74) is 0.313. The maximum atomic E-state index is 15.0. The number of pyridine rings is 1. The highest BCUT2D eigenvalue weighted by Crippen LogP contribution is 2.33. The molecule has 3 aliphatic rings. The van der Waals surface area contributed by atoms with Crippen LogP contribution in [0.25, 0.3) is 10.8 Å². The van der Waals surface area contributed by atoms with Gasteiger partial charge in [0.1, 0.15) is 54.4 Å². The monoisotopic (exact) mass is 1430 g/mol. The lowest BCUT2D eigenvalue weighted by molar-refractivity contribution is -0.145. The number of carboxylic acids is 2. The van der Waals surface area contributed by atoms with Crippen molar-refractivity contribution in [3.05, 3.63) is 72.3 Å². The zero-order valence-electron chi connectivity index (χ0n) is 57.6. The van der Waals surface area contributed by atoms with E-state index in [0.29, 0.717) is 22.5 Å². The van der Waals surface area contributed by atoms with Gasteiger partial charge >= 0.3 is 11.9 Å². The molecule has 550 valence electrons. The Balaban J connectivity index is 1.31. The number of carboxylic acid groups (broad SMARTS) is 2. The fourth-order valence-corrected chi connectivity index (χ4v) is 12.4. The summed E-state index contributed by atoms with van der Waals surface area (Å²) < 4.78 is 1.49. The van der Waals surface area contributed by atoms with E-state index in [4.69, 9.17) is 0 Å². The van der Waals surface area contributed by atoms with Gasteiger partial charge in [-0.05, 0) is 115 Å². The van der Waals surface area contributed by atoms with Crippen molar-refractivity contribution in [2.24, 2.45) is 11.8 Å². The van der Waals surface area contributed by atoms with Gasteiger partial charge in [0.05, 0.1) is 30.7 Å². The number of nitrogens with zero attached hydrogens (tertiary/aromatic N) is 5. The Morgan fingerprint density at radius 2 is 1.37 bits per heavy atom. The number of hydrogen-bond acceptors (Lipinski definition) is 20. The van der Waals surface area contributed by atoms with Crippen LogP contribution < -0.4 is 63.8 Å². The number of imidazole rings is 1. The van der Waals surface area contributed by atoms with Crippen molar-refractivity contribution >= 4 is 99.5 Å². The SMILES string of the molecule is CC(C)[C@@H]1NC(=O)[C@@H]2CCCCn3cc(nn3)CC[C@H](NC(=O)[C@H](C)NC(=O)[C@@H](NC(C)(C)C)CSCC[C@@H](C(=O)N[C@H](C(=O)O)C(C)O)NC(=O)[C@H](Cc3cc4ccccc4cn3)NC1=O)C(=O)NC(Cc1cnc[nH]1)C(=O)N[C@@H](CC1CC1)C(=O)NCC(=O)N[C@@H](CCC(=O)O)C(=O)N2. The molecule has 1 saturated carbocycles. The minimum Gasteiger partial charge on any atom is -0.481 e. The molecule has 34 nitrogen and oxygen atoms in total. The second kappa shape index (κ2) is 37.2. The van der Waals surface area contributed by atoms with Gasteiger partial charge in [0.2, 0.25) is 65.0 Å². The summed E-state index contributed by atoms with van der Waals surface area (Å²) in [4.78, 5) is 196. The molecule has 3 aromatic heterocycles. The van der Waals surface area contributed by atoms with Crippen molar-refractivity contribution < 1.29 is 77.6 Å². The lowest BCUT2D eigenvalue weighted by atomic mass is 10.00. The summed E-state index contributed by atoms with van der Waals surface area (Å²) in [7, 11) is 0. The fourth-order valence-electron chi connectivity index (χ4n) is 11.3. The maximum absolute atomic E-state index is 15.0. The molecule has 11 amide bonds. The van der Waals surface area contributed by atoms with Crippen molar-refractivity contribution in [3.8, 4) is 0 Å². The van der Waals surface area contributed by atoms with Gasteiger partial charge in [-0.2, -0.15) is 11.8 Å². The number of hydrogen-bond donors (Lipinski definition) is 16. The number of aliphatic hydroxyl groups is 1. The van der Waals surface area contributed by atoms with E-state index in [1.54, 1.807) is 71.3 Å². The van der Waals surface area contributed by atoms with Crippen LogP contribution in [0.2, 0.25) is 0 Å². The van der Waals surface area contributed by atoms with Gasteiger partial charge < -0.3 is 84.1 Å². The number of aliphatic hydroxyl groups excluding tert-OH is 1. The quantitative estimate of drug-likeness (QED) is 0.0601. The Kier molecular flexibility index (Phi) is 28.9. The normalized spacial score (nSPS) is 25.3. The number of aromatic amines is 1. The van der Waals surface area contributed by atoms with E-state index in [1.807, 2.05) is 6.07 Å². The fraction of sp³-hybridized carbons (Fsp3) is 0.591. The van der Waals surface area contributed by atoms with Crippen LogP contribution in [0, 0.1) is 11.8 Å². The van der Waals surface area contributed by atoms with Crippen LogP contribution >= 0.6 is 11.8 Å². The first-order valence-corrected chi connectivity index (χ1v) is 35.0. The van der Waals surface area contributed by atoms with Gasteiger partial charge in [0.15, 0.2) is 6.04 Å². The minimum atomic E-state index is -1.85. The summed E-state index contributed by atoms with van der Waals surface area (Å²) >= 11 is 1.13. The molecule has 16 N–H and O–H groups in total. The van der Waals surface area contributed by atoms with E-state index in [-0.39, 0.29) is 81.8 Å². The van der Waals surface area contributed by atoms with Crippen LogP contribution in [0.4, 0.5) is 0 Å². The van der Waals surface area contributed by atoms with Crippen LogP contribution in [0.15, 0.2) is 55.2 Å². The van der Waals surface area contributed by atoms with E-state index in [2.05, 4.69) is 89.1 Å². The van der Waals surface area contributed by atoms with E-state index < -0.39 is 180 Å². The molecule has 2 unspecified atom stereocenters. The number of carbonyl (C=O) groups is 13. The molecule has 101 heavy (non-hydrogen) atoms. The molecule has 1 aromatic carbocycles. The third kappa shape index (κ3) is 25.2. The molecule has 35 heteroatoms. The Labute approximate surface area is 587 Å². The molecule has 0 radical (unpaired) electrons. The first-order chi connectivity index (χ1) is 47.9. The molecule has 4 aromatic rings. The van der Waals surface area contributed by atoms with Crippen LogP contribution in [0.3, 0.4) is 0 Å². The zero-order valence-corrected chi connectivity index (χ0v) is 58.4. The molecule has 0 saturated heterocycles. The number of aryl methyl sites for hydroxylation is 2. The average molecular weight is 1430 g/mol. The van der Waals surface area contributed by atoms with E-state index in [0.717, 1.165) is 36.9 Å². The second-order valence-corrected chi connectivity index (χ2v) is 28.3. The highest BCUT2D eigenvalue weighted by Gasteiger charge is 2.39. The number of nitrogens with one attached hydrogen (secondary N) is 13. The first-order valence-electron chi connectivity index (χ1n) is 33.9. The topological polar surface area (TPSA) is 499 Å². The summed E-state index contributed by atoms with van der Waals surface area (Å²) in [5, 5.41) is 72.4. The van der Waals surface area contributed by atoms with E-state index >= 15 is 0 Å². The highest BCUT2D eigenvalue weighted by atomic mass is 32.2. The lowest BCUT2D eigenvalue weighted by Gasteiger charge is -2.30. The molecular weight excluding hydrogens is 1330 g/mol. The van der Waals surface area contributed by atoms with Gasteiger partial charge in [-0.25, -0.2) is 9.78 Å². The van der Waals surface area contributed by atoms with Crippen molar-refractivity contribution in [1.82, 2.24) is 93.7 Å². The average Bonchev–Trinajstić information content (AvgIpc) is 1.30. The summed E-state index contributed by atoms with van der Waals surface area (Å²) in [5.74, 6) is -13.6. The predicted octanol–water partition coefficient (Wildman–Crippen LogP) is -2.18. The summed E-state index contributed by atoms with van der Waals surface area (Å²) in [6.45, 7) is 10.5. The van der Waals surface area contributed by atoms with Crippen LogP contribution in [-0.4, -0.2) is 218 Å². The molecule has 4 bridgehead atoms. The number of rotatable bonds is 15. The number of H-pyrrole nitrogens is 1. The van der Waals surface area contributed by atoms with Crippen LogP contribution in [0.5, 0.6) is 0 Å². The van der Waals surface area contributed by atoms with Gasteiger partial charge in [-0.3, -0.25) is 67.2 Å². The second-order valence-electron chi connectivity index (χ2n) is 27.2.